The van der Waals surface area contributed by atoms with E-state index in [2.05, 4.69) is 4.74 Å². The molecule has 3 rings (SSSR count). The van der Waals surface area contributed by atoms with Gasteiger partial charge in [-0.2, -0.15) is 0 Å². The van der Waals surface area contributed by atoms with E-state index in [4.69, 9.17) is 0 Å². The number of alkyl halides is 3. The number of hydrogen-bond donors (Lipinski definition) is 0. The van der Waals surface area contributed by atoms with Gasteiger partial charge >= 0.3 is 6.36 Å². The van der Waals surface area contributed by atoms with Crippen molar-refractivity contribution < 1.29 is 22.7 Å². The maximum atomic E-state index is 12.4. The maximum absolute atomic E-state index is 12.4. The standard InChI is InChI=1S/C17H12F3NO2/c18-17(19,20)23-14-6-3-4-12(10-14)11-16(22)21-9-8-13-5-1-2-7-15(13)21/h1-10H,11H2. The summed E-state index contributed by atoms with van der Waals surface area (Å²) in [7, 11) is 0. The molecule has 0 amide bonds. The molecule has 0 atom stereocenters. The van der Waals surface area contributed by atoms with E-state index in [1.807, 2.05) is 30.3 Å². The van der Waals surface area contributed by atoms with Gasteiger partial charge in [-0.3, -0.25) is 9.36 Å². The minimum Gasteiger partial charge on any atom is -0.406 e. The summed E-state index contributed by atoms with van der Waals surface area (Å²) in [6.07, 6.45) is -3.12. The van der Waals surface area contributed by atoms with Crippen molar-refractivity contribution in [1.82, 2.24) is 4.57 Å². The van der Waals surface area contributed by atoms with Crippen molar-refractivity contribution in [3.8, 4) is 5.75 Å². The monoisotopic (exact) mass is 319 g/mol. The molecule has 3 aromatic rings. The second kappa shape index (κ2) is 5.79. The van der Waals surface area contributed by atoms with Crippen LogP contribution in [-0.4, -0.2) is 16.8 Å². The lowest BCUT2D eigenvalue weighted by Crippen LogP contribution is -2.17. The van der Waals surface area contributed by atoms with Crippen LogP contribution in [0.5, 0.6) is 5.75 Å². The van der Waals surface area contributed by atoms with Crippen LogP contribution in [-0.2, 0) is 6.42 Å². The number of carbonyl (C=O) groups excluding carboxylic acids is 1. The summed E-state index contributed by atoms with van der Waals surface area (Å²) in [6, 6.07) is 14.6. The van der Waals surface area contributed by atoms with Crippen molar-refractivity contribution in [1.29, 1.82) is 0 Å². The van der Waals surface area contributed by atoms with Gasteiger partial charge in [-0.1, -0.05) is 30.3 Å². The highest BCUT2D eigenvalue weighted by atomic mass is 19.4. The highest BCUT2D eigenvalue weighted by Gasteiger charge is 2.31. The van der Waals surface area contributed by atoms with Crippen LogP contribution in [0.15, 0.2) is 60.8 Å². The maximum Gasteiger partial charge on any atom is 0.573 e. The third-order valence-electron chi connectivity index (χ3n) is 3.36. The second-order valence-corrected chi connectivity index (χ2v) is 5.01. The molecule has 0 N–H and O–H groups in total. The Kier molecular flexibility index (Phi) is 3.82. The summed E-state index contributed by atoms with van der Waals surface area (Å²) >= 11 is 0. The molecular formula is C17H12F3NO2. The number of hydrogen-bond acceptors (Lipinski definition) is 2. The number of para-hydroxylation sites is 1. The molecule has 0 bridgehead atoms. The molecule has 0 unspecified atom stereocenters. The molecule has 23 heavy (non-hydrogen) atoms. The Labute approximate surface area is 129 Å². The number of rotatable bonds is 3. The zero-order valence-electron chi connectivity index (χ0n) is 11.9. The second-order valence-electron chi connectivity index (χ2n) is 5.01. The Hall–Kier alpha value is -2.76. The first-order chi connectivity index (χ1) is 10.9. The summed E-state index contributed by atoms with van der Waals surface area (Å²) in [4.78, 5) is 12.4. The van der Waals surface area contributed by atoms with Crippen molar-refractivity contribution in [2.75, 3.05) is 0 Å². The van der Waals surface area contributed by atoms with Crippen molar-refractivity contribution in [3.05, 3.63) is 66.4 Å². The van der Waals surface area contributed by atoms with Crippen molar-refractivity contribution >= 4 is 16.8 Å². The van der Waals surface area contributed by atoms with E-state index in [0.717, 1.165) is 10.9 Å². The lowest BCUT2D eigenvalue weighted by molar-refractivity contribution is -0.274. The van der Waals surface area contributed by atoms with E-state index in [9.17, 15) is 18.0 Å². The third-order valence-corrected chi connectivity index (χ3v) is 3.36. The van der Waals surface area contributed by atoms with Crippen LogP contribution >= 0.6 is 0 Å². The van der Waals surface area contributed by atoms with E-state index in [1.54, 1.807) is 12.3 Å². The molecule has 0 spiro atoms. The zero-order chi connectivity index (χ0) is 16.4. The molecule has 0 saturated carbocycles. The Balaban J connectivity index is 1.82. The minimum atomic E-state index is -4.75. The van der Waals surface area contributed by atoms with E-state index >= 15 is 0 Å². The number of ether oxygens (including phenoxy) is 1. The highest BCUT2D eigenvalue weighted by molar-refractivity contribution is 5.93. The predicted octanol–water partition coefficient (Wildman–Crippen LogP) is 4.42. The van der Waals surface area contributed by atoms with Gasteiger partial charge < -0.3 is 4.74 Å². The number of nitrogens with zero attached hydrogens (tertiary/aromatic N) is 1. The van der Waals surface area contributed by atoms with Crippen LogP contribution in [0.4, 0.5) is 13.2 Å². The van der Waals surface area contributed by atoms with E-state index in [-0.39, 0.29) is 18.1 Å². The average molecular weight is 319 g/mol. The SMILES string of the molecule is O=C(Cc1cccc(OC(F)(F)F)c1)n1ccc2ccccc21. The van der Waals surface area contributed by atoms with Crippen LogP contribution in [0.25, 0.3) is 10.9 Å². The molecular weight excluding hydrogens is 307 g/mol. The van der Waals surface area contributed by atoms with Crippen molar-refractivity contribution in [2.24, 2.45) is 0 Å². The van der Waals surface area contributed by atoms with E-state index in [0.29, 0.717) is 5.56 Å². The third kappa shape index (κ3) is 3.53. The molecule has 0 saturated heterocycles. The lowest BCUT2D eigenvalue weighted by Gasteiger charge is -2.10. The molecule has 1 aromatic heterocycles. The predicted molar refractivity (Wildman–Crippen MR) is 79.4 cm³/mol. The number of aromatic nitrogens is 1. The van der Waals surface area contributed by atoms with Crippen LogP contribution in [0, 0.1) is 0 Å². The summed E-state index contributed by atoms with van der Waals surface area (Å²) in [5, 5.41) is 0.926. The largest absolute Gasteiger partial charge is 0.573 e. The molecule has 3 nitrogen and oxygen atoms in total. The number of fused-ring (bicyclic) bond motifs is 1. The van der Waals surface area contributed by atoms with Crippen LogP contribution in [0.3, 0.4) is 0 Å². The Morgan fingerprint density at radius 1 is 1.04 bits per heavy atom. The van der Waals surface area contributed by atoms with Crippen LogP contribution < -0.4 is 4.74 Å². The molecule has 0 aliphatic rings. The molecule has 0 fully saturated rings. The Morgan fingerprint density at radius 2 is 1.83 bits per heavy atom. The summed E-state index contributed by atoms with van der Waals surface area (Å²) in [5.74, 6) is -0.560. The van der Waals surface area contributed by atoms with Gasteiger partial charge in [-0.05, 0) is 29.8 Å². The topological polar surface area (TPSA) is 31.2 Å². The number of carbonyl (C=O) groups is 1. The quantitative estimate of drug-likeness (QED) is 0.715. The Bertz CT molecular complexity index is 852. The Morgan fingerprint density at radius 3 is 2.61 bits per heavy atom. The molecule has 2 aromatic carbocycles. The molecule has 118 valence electrons. The first kappa shape index (κ1) is 15.1. The van der Waals surface area contributed by atoms with Crippen LogP contribution in [0.1, 0.15) is 10.4 Å². The lowest BCUT2D eigenvalue weighted by atomic mass is 10.1. The first-order valence-corrected chi connectivity index (χ1v) is 6.86. The van der Waals surface area contributed by atoms with Crippen molar-refractivity contribution in [2.45, 2.75) is 12.8 Å². The van der Waals surface area contributed by atoms with Gasteiger partial charge in [0.2, 0.25) is 5.91 Å². The smallest absolute Gasteiger partial charge is 0.406 e. The fourth-order valence-corrected chi connectivity index (χ4v) is 2.41. The van der Waals surface area contributed by atoms with Gasteiger partial charge in [0.05, 0.1) is 11.9 Å². The van der Waals surface area contributed by atoms with Gasteiger partial charge in [0.15, 0.2) is 0 Å². The zero-order valence-corrected chi connectivity index (χ0v) is 11.9. The van der Waals surface area contributed by atoms with Crippen molar-refractivity contribution in [3.63, 3.8) is 0 Å². The fourth-order valence-electron chi connectivity index (χ4n) is 2.41. The summed E-state index contributed by atoms with van der Waals surface area (Å²) < 4.78 is 42.1. The van der Waals surface area contributed by atoms with Crippen LogP contribution in [0.2, 0.25) is 0 Å². The van der Waals surface area contributed by atoms with Gasteiger partial charge in [-0.25, -0.2) is 0 Å². The highest BCUT2D eigenvalue weighted by Crippen LogP contribution is 2.24. The number of halogens is 3. The van der Waals surface area contributed by atoms with Gasteiger partial charge in [0, 0.05) is 11.6 Å². The number of benzene rings is 2. The summed E-state index contributed by atoms with van der Waals surface area (Å²) in [6.45, 7) is 0. The molecule has 0 radical (unpaired) electrons. The van der Waals surface area contributed by atoms with Gasteiger partial charge in [0.25, 0.3) is 0 Å². The van der Waals surface area contributed by atoms with Gasteiger partial charge in [-0.15, -0.1) is 13.2 Å². The molecule has 1 heterocycles. The molecule has 6 heteroatoms. The molecule has 0 aliphatic heterocycles. The molecule has 0 aliphatic carbocycles. The van der Waals surface area contributed by atoms with Gasteiger partial charge in [0.1, 0.15) is 5.75 Å². The fraction of sp³-hybridized carbons (Fsp3) is 0.118. The van der Waals surface area contributed by atoms with E-state index in [1.165, 1.54) is 22.8 Å². The minimum absolute atomic E-state index is 0.0201. The normalized spacial score (nSPS) is 11.6. The average Bonchev–Trinajstić information content (AvgIpc) is 2.89. The summed E-state index contributed by atoms with van der Waals surface area (Å²) in [5.41, 5.74) is 1.22. The van der Waals surface area contributed by atoms with E-state index < -0.39 is 6.36 Å². The first-order valence-electron chi connectivity index (χ1n) is 6.86.